The summed E-state index contributed by atoms with van der Waals surface area (Å²) in [5.41, 5.74) is 3.39. The van der Waals surface area contributed by atoms with Gasteiger partial charge >= 0.3 is 12.0 Å². The van der Waals surface area contributed by atoms with Crippen LogP contribution in [-0.2, 0) is 15.3 Å². The molecule has 6 nitrogen and oxygen atoms in total. The third-order valence-electron chi connectivity index (χ3n) is 5.33. The van der Waals surface area contributed by atoms with Gasteiger partial charge in [-0.15, -0.1) is 0 Å². The third-order valence-corrected chi connectivity index (χ3v) is 6.44. The largest absolute Gasteiger partial charge is 0.467 e. The molecule has 182 valence electrons. The summed E-state index contributed by atoms with van der Waals surface area (Å²) in [6.45, 7) is 2.12. The number of benzene rings is 3. The van der Waals surface area contributed by atoms with Crippen LogP contribution in [-0.4, -0.2) is 48.3 Å². The van der Waals surface area contributed by atoms with Gasteiger partial charge in [-0.25, -0.2) is 9.59 Å². The van der Waals surface area contributed by atoms with E-state index in [9.17, 15) is 14.4 Å². The number of hydrogen-bond donors (Lipinski definition) is 1. The maximum atomic E-state index is 13.3. The van der Waals surface area contributed by atoms with Crippen LogP contribution in [0, 0.1) is 0 Å². The average Bonchev–Trinajstić information content (AvgIpc) is 2.91. The summed E-state index contributed by atoms with van der Waals surface area (Å²) in [6, 6.07) is 25.3. The van der Waals surface area contributed by atoms with Gasteiger partial charge in [0.15, 0.2) is 0 Å². The van der Waals surface area contributed by atoms with Crippen molar-refractivity contribution in [2.75, 3.05) is 19.4 Å². The van der Waals surface area contributed by atoms with E-state index in [1.54, 1.807) is 18.2 Å². The molecule has 1 N–H and O–H groups in total. The molecule has 3 aromatic rings. The summed E-state index contributed by atoms with van der Waals surface area (Å²) in [5.74, 6) is 0.0514. The van der Waals surface area contributed by atoms with Gasteiger partial charge in [0.2, 0.25) is 0 Å². The predicted molar refractivity (Wildman–Crippen MR) is 140 cm³/mol. The first-order chi connectivity index (χ1) is 17.0. The van der Waals surface area contributed by atoms with Gasteiger partial charge in [-0.3, -0.25) is 9.69 Å². The molecular weight excluding hydrogens is 460 g/mol. The van der Waals surface area contributed by atoms with Crippen LogP contribution in [0.25, 0.3) is 11.1 Å². The number of amides is 3. The van der Waals surface area contributed by atoms with E-state index in [2.05, 4.69) is 5.32 Å². The van der Waals surface area contributed by atoms with Crippen LogP contribution in [0.2, 0.25) is 0 Å². The lowest BCUT2D eigenvalue weighted by Gasteiger charge is -2.24. The Bertz CT molecular complexity index is 1120. The fourth-order valence-corrected chi connectivity index (χ4v) is 4.54. The molecular formula is C28H30N2O4S. The number of ether oxygens (including phenoxy) is 1. The Morgan fingerprint density at radius 1 is 0.914 bits per heavy atom. The lowest BCUT2D eigenvalue weighted by molar-refractivity contribution is -0.142. The monoisotopic (exact) mass is 490 g/mol. The van der Waals surface area contributed by atoms with Crippen LogP contribution >= 0.6 is 11.8 Å². The van der Waals surface area contributed by atoms with E-state index in [0.29, 0.717) is 23.5 Å². The highest BCUT2D eigenvalue weighted by Crippen LogP contribution is 2.21. The zero-order chi connectivity index (χ0) is 25.0. The number of methoxy groups -OCH3 is 1. The van der Waals surface area contributed by atoms with Crippen molar-refractivity contribution in [2.45, 2.75) is 25.1 Å². The highest BCUT2D eigenvalue weighted by atomic mass is 32.2. The molecule has 0 fully saturated rings. The molecule has 3 rings (SSSR count). The van der Waals surface area contributed by atoms with Gasteiger partial charge < -0.3 is 10.1 Å². The standard InChI is InChI=1S/C28H30N2O4S/c1-3-17-30(26(31)24-16-10-15-23(18-24)22-13-8-5-9-14-22)28(33)29-25(27(32)34-2)20-35-19-21-11-6-4-7-12-21/h4-16,18,25H,3,17,19-20H2,1-2H3,(H,29,33)/t25-/m0/s1. The predicted octanol–water partition coefficient (Wildman–Crippen LogP) is 5.39. The number of carbonyl (C=O) groups excluding carboxylic acids is 3. The van der Waals surface area contributed by atoms with Crippen molar-refractivity contribution in [1.82, 2.24) is 10.2 Å². The van der Waals surface area contributed by atoms with Gasteiger partial charge in [0, 0.05) is 23.6 Å². The van der Waals surface area contributed by atoms with Crippen LogP contribution in [0.4, 0.5) is 4.79 Å². The normalized spacial score (nSPS) is 11.4. The minimum Gasteiger partial charge on any atom is -0.467 e. The van der Waals surface area contributed by atoms with Crippen LogP contribution in [0.1, 0.15) is 29.3 Å². The zero-order valence-electron chi connectivity index (χ0n) is 20.0. The molecule has 0 aliphatic heterocycles. The van der Waals surface area contributed by atoms with Gasteiger partial charge in [-0.05, 0) is 35.2 Å². The maximum Gasteiger partial charge on any atom is 0.329 e. The quantitative estimate of drug-likeness (QED) is 0.386. The summed E-state index contributed by atoms with van der Waals surface area (Å²) in [7, 11) is 1.29. The molecule has 0 saturated heterocycles. The molecule has 0 heterocycles. The number of carbonyl (C=O) groups is 3. The third kappa shape index (κ3) is 7.45. The van der Waals surface area contributed by atoms with Crippen molar-refractivity contribution < 1.29 is 19.1 Å². The lowest BCUT2D eigenvalue weighted by Crippen LogP contribution is -2.51. The number of urea groups is 1. The summed E-state index contributed by atoms with van der Waals surface area (Å²) in [5, 5.41) is 2.71. The molecule has 0 radical (unpaired) electrons. The Labute approximate surface area is 210 Å². The Kier molecular flexibility index (Phi) is 9.93. The number of nitrogens with zero attached hydrogens (tertiary/aromatic N) is 1. The van der Waals surface area contributed by atoms with E-state index < -0.39 is 23.9 Å². The molecule has 3 aromatic carbocycles. The van der Waals surface area contributed by atoms with Crippen molar-refractivity contribution in [2.24, 2.45) is 0 Å². The molecule has 0 bridgehead atoms. The molecule has 0 aliphatic carbocycles. The van der Waals surface area contributed by atoms with Crippen molar-refractivity contribution in [3.8, 4) is 11.1 Å². The van der Waals surface area contributed by atoms with Crippen LogP contribution in [0.5, 0.6) is 0 Å². The minimum absolute atomic E-state index is 0.227. The first-order valence-electron chi connectivity index (χ1n) is 11.5. The van der Waals surface area contributed by atoms with Crippen molar-refractivity contribution >= 4 is 29.7 Å². The molecule has 0 aliphatic rings. The number of esters is 1. The van der Waals surface area contributed by atoms with E-state index in [1.807, 2.05) is 73.7 Å². The summed E-state index contributed by atoms with van der Waals surface area (Å²) >= 11 is 1.51. The smallest absolute Gasteiger partial charge is 0.329 e. The fraction of sp³-hybridized carbons (Fsp3) is 0.250. The van der Waals surface area contributed by atoms with Gasteiger partial charge in [-0.1, -0.05) is 79.7 Å². The second-order valence-corrected chi connectivity index (χ2v) is 8.96. The second-order valence-electron chi connectivity index (χ2n) is 7.93. The van der Waals surface area contributed by atoms with Gasteiger partial charge in [-0.2, -0.15) is 11.8 Å². The van der Waals surface area contributed by atoms with E-state index in [4.69, 9.17) is 4.74 Å². The van der Waals surface area contributed by atoms with Crippen molar-refractivity contribution in [1.29, 1.82) is 0 Å². The molecule has 3 amide bonds. The summed E-state index contributed by atoms with van der Waals surface area (Å²) < 4.78 is 4.90. The molecule has 0 aromatic heterocycles. The number of nitrogens with one attached hydrogen (secondary N) is 1. The summed E-state index contributed by atoms with van der Waals surface area (Å²) in [6.07, 6.45) is 0.586. The van der Waals surface area contributed by atoms with Crippen LogP contribution in [0.3, 0.4) is 0 Å². The van der Waals surface area contributed by atoms with E-state index in [-0.39, 0.29) is 6.54 Å². The van der Waals surface area contributed by atoms with E-state index >= 15 is 0 Å². The molecule has 7 heteroatoms. The molecule has 1 atom stereocenters. The first-order valence-corrected chi connectivity index (χ1v) is 12.7. The molecule has 0 saturated carbocycles. The number of hydrogen-bond acceptors (Lipinski definition) is 5. The Hall–Kier alpha value is -3.58. The SMILES string of the molecule is CCCN(C(=O)N[C@@H](CSCc1ccccc1)C(=O)OC)C(=O)c1cccc(-c2ccccc2)c1. The Morgan fingerprint density at radius 2 is 1.57 bits per heavy atom. The molecule has 35 heavy (non-hydrogen) atoms. The number of imide groups is 1. The van der Waals surface area contributed by atoms with Crippen LogP contribution < -0.4 is 5.32 Å². The average molecular weight is 491 g/mol. The number of rotatable bonds is 10. The Morgan fingerprint density at radius 3 is 2.23 bits per heavy atom. The molecule has 0 spiro atoms. The zero-order valence-corrected chi connectivity index (χ0v) is 20.8. The topological polar surface area (TPSA) is 75.7 Å². The second kappa shape index (κ2) is 13.3. The number of thioether (sulfide) groups is 1. The fourth-order valence-electron chi connectivity index (χ4n) is 3.54. The van der Waals surface area contributed by atoms with E-state index in [0.717, 1.165) is 21.6 Å². The highest BCUT2D eigenvalue weighted by Gasteiger charge is 2.28. The van der Waals surface area contributed by atoms with E-state index in [1.165, 1.54) is 18.9 Å². The van der Waals surface area contributed by atoms with Gasteiger partial charge in [0.1, 0.15) is 6.04 Å². The minimum atomic E-state index is -0.871. The first kappa shape index (κ1) is 26.0. The highest BCUT2D eigenvalue weighted by molar-refractivity contribution is 7.98. The molecule has 0 unspecified atom stereocenters. The van der Waals surface area contributed by atoms with Gasteiger partial charge in [0.25, 0.3) is 5.91 Å². The van der Waals surface area contributed by atoms with Gasteiger partial charge in [0.05, 0.1) is 7.11 Å². The maximum absolute atomic E-state index is 13.3. The Balaban J connectivity index is 1.72. The lowest BCUT2D eigenvalue weighted by atomic mass is 10.0. The summed E-state index contributed by atoms with van der Waals surface area (Å²) in [4.78, 5) is 40.0. The van der Waals surface area contributed by atoms with Crippen molar-refractivity contribution in [3.05, 3.63) is 96.1 Å². The van der Waals surface area contributed by atoms with Crippen LogP contribution in [0.15, 0.2) is 84.9 Å². The van der Waals surface area contributed by atoms with Crippen molar-refractivity contribution in [3.63, 3.8) is 0 Å².